The number of nitrogens with zero attached hydrogens (tertiary/aromatic N) is 1. The van der Waals surface area contributed by atoms with E-state index in [9.17, 15) is 14.4 Å². The van der Waals surface area contributed by atoms with Crippen molar-refractivity contribution in [2.45, 2.75) is 6.42 Å². The van der Waals surface area contributed by atoms with Crippen LogP contribution >= 0.6 is 15.9 Å². The number of amides is 3. The molecule has 27 heavy (non-hydrogen) atoms. The summed E-state index contributed by atoms with van der Waals surface area (Å²) in [5.41, 5.74) is 1.16. The molecule has 0 saturated heterocycles. The van der Waals surface area contributed by atoms with Gasteiger partial charge in [-0.15, -0.1) is 0 Å². The van der Waals surface area contributed by atoms with E-state index < -0.39 is 0 Å². The molecule has 0 atom stereocenters. The zero-order valence-corrected chi connectivity index (χ0v) is 16.3. The highest BCUT2D eigenvalue weighted by Crippen LogP contribution is 2.36. The summed E-state index contributed by atoms with van der Waals surface area (Å²) in [6.45, 7) is -0.00580. The van der Waals surface area contributed by atoms with Gasteiger partial charge in [0.25, 0.3) is 11.8 Å². The summed E-state index contributed by atoms with van der Waals surface area (Å²) in [4.78, 5) is 38.1. The van der Waals surface area contributed by atoms with Gasteiger partial charge in [0.15, 0.2) is 0 Å². The molecule has 2 aromatic rings. The largest absolute Gasteiger partial charge is 0.495 e. The Labute approximate surface area is 164 Å². The van der Waals surface area contributed by atoms with Crippen LogP contribution in [-0.2, 0) is 4.79 Å². The molecule has 0 fully saturated rings. The molecular formula is C19H17BrN2O5. The fraction of sp³-hybridized carbons (Fsp3) is 0.211. The Balaban J connectivity index is 1.68. The zero-order valence-electron chi connectivity index (χ0n) is 14.7. The molecule has 0 unspecified atom stereocenters. The number of hydrogen-bond acceptors (Lipinski definition) is 5. The van der Waals surface area contributed by atoms with Gasteiger partial charge in [-0.25, -0.2) is 0 Å². The predicted molar refractivity (Wildman–Crippen MR) is 102 cm³/mol. The molecule has 2 aromatic carbocycles. The number of benzene rings is 2. The lowest BCUT2D eigenvalue weighted by atomic mass is 10.1. The molecule has 0 aliphatic carbocycles. The van der Waals surface area contributed by atoms with Crippen LogP contribution in [0.2, 0.25) is 0 Å². The molecule has 0 spiro atoms. The number of rotatable bonds is 6. The van der Waals surface area contributed by atoms with Gasteiger partial charge in [0.2, 0.25) is 5.91 Å². The lowest BCUT2D eigenvalue weighted by Crippen LogP contribution is -2.32. The molecule has 3 amide bonds. The van der Waals surface area contributed by atoms with E-state index in [4.69, 9.17) is 9.47 Å². The second-order valence-electron chi connectivity index (χ2n) is 5.79. The SMILES string of the molecule is COc1cc(NC(=O)CCN2C(=O)c3ccccc3C2=O)c(OC)cc1Br. The third-order valence-electron chi connectivity index (χ3n) is 4.19. The Morgan fingerprint density at radius 1 is 1.04 bits per heavy atom. The van der Waals surface area contributed by atoms with E-state index in [1.54, 1.807) is 36.4 Å². The highest BCUT2D eigenvalue weighted by molar-refractivity contribution is 9.10. The summed E-state index contributed by atoms with van der Waals surface area (Å²) >= 11 is 3.35. The third kappa shape index (κ3) is 3.66. The molecule has 1 heterocycles. The number of fused-ring (bicyclic) bond motifs is 1. The summed E-state index contributed by atoms with van der Waals surface area (Å²) in [6.07, 6.45) is -0.0347. The van der Waals surface area contributed by atoms with Crippen molar-refractivity contribution in [3.8, 4) is 11.5 Å². The molecule has 8 heteroatoms. The first-order chi connectivity index (χ1) is 13.0. The van der Waals surface area contributed by atoms with Gasteiger partial charge < -0.3 is 14.8 Å². The van der Waals surface area contributed by atoms with E-state index >= 15 is 0 Å². The van der Waals surface area contributed by atoms with Crippen molar-refractivity contribution in [2.75, 3.05) is 26.1 Å². The lowest BCUT2D eigenvalue weighted by molar-refractivity contribution is -0.116. The van der Waals surface area contributed by atoms with Crippen LogP contribution in [0, 0.1) is 0 Å². The van der Waals surface area contributed by atoms with Crippen LogP contribution in [0.15, 0.2) is 40.9 Å². The smallest absolute Gasteiger partial charge is 0.261 e. The van der Waals surface area contributed by atoms with Crippen molar-refractivity contribution in [1.82, 2.24) is 4.90 Å². The fourth-order valence-electron chi connectivity index (χ4n) is 2.83. The van der Waals surface area contributed by atoms with Crippen molar-refractivity contribution >= 4 is 39.3 Å². The second kappa shape index (κ2) is 7.79. The summed E-state index contributed by atoms with van der Waals surface area (Å²) in [6, 6.07) is 9.92. The minimum absolute atomic E-state index is 0.00580. The number of carbonyl (C=O) groups excluding carboxylic acids is 3. The summed E-state index contributed by atoms with van der Waals surface area (Å²) in [7, 11) is 3.00. The van der Waals surface area contributed by atoms with Gasteiger partial charge in [-0.05, 0) is 28.1 Å². The van der Waals surface area contributed by atoms with Crippen molar-refractivity contribution in [3.05, 3.63) is 52.0 Å². The van der Waals surface area contributed by atoms with E-state index in [0.717, 1.165) is 4.90 Å². The van der Waals surface area contributed by atoms with Crippen LogP contribution in [-0.4, -0.2) is 43.4 Å². The highest BCUT2D eigenvalue weighted by Gasteiger charge is 2.35. The van der Waals surface area contributed by atoms with Crippen LogP contribution in [0.5, 0.6) is 11.5 Å². The Hall–Kier alpha value is -2.87. The molecule has 0 saturated carbocycles. The first-order valence-corrected chi connectivity index (χ1v) is 8.92. The number of hydrogen-bond donors (Lipinski definition) is 1. The molecule has 3 rings (SSSR count). The first-order valence-electron chi connectivity index (χ1n) is 8.13. The maximum absolute atomic E-state index is 12.3. The number of imide groups is 1. The van der Waals surface area contributed by atoms with Crippen molar-refractivity contribution in [3.63, 3.8) is 0 Å². The molecule has 140 valence electrons. The molecule has 7 nitrogen and oxygen atoms in total. The van der Waals surface area contributed by atoms with Crippen LogP contribution in [0.3, 0.4) is 0 Å². The van der Waals surface area contributed by atoms with Gasteiger partial charge in [-0.2, -0.15) is 0 Å². The van der Waals surface area contributed by atoms with Crippen LogP contribution in [0.1, 0.15) is 27.1 Å². The Morgan fingerprint density at radius 2 is 1.63 bits per heavy atom. The maximum Gasteiger partial charge on any atom is 0.261 e. The van der Waals surface area contributed by atoms with Gasteiger partial charge >= 0.3 is 0 Å². The molecule has 0 radical (unpaired) electrons. The van der Waals surface area contributed by atoms with Crippen LogP contribution < -0.4 is 14.8 Å². The topological polar surface area (TPSA) is 84.9 Å². The molecule has 1 N–H and O–H groups in total. The average Bonchev–Trinajstić information content (AvgIpc) is 2.92. The molecule has 0 aromatic heterocycles. The van der Waals surface area contributed by atoms with Gasteiger partial charge in [0.05, 0.1) is 35.5 Å². The Morgan fingerprint density at radius 3 is 2.19 bits per heavy atom. The number of ether oxygens (including phenoxy) is 2. The lowest BCUT2D eigenvalue weighted by Gasteiger charge is -2.15. The van der Waals surface area contributed by atoms with E-state index in [2.05, 4.69) is 21.2 Å². The highest BCUT2D eigenvalue weighted by atomic mass is 79.9. The number of carbonyl (C=O) groups is 3. The summed E-state index contributed by atoms with van der Waals surface area (Å²) in [5, 5.41) is 2.72. The monoisotopic (exact) mass is 432 g/mol. The van der Waals surface area contributed by atoms with E-state index in [1.165, 1.54) is 14.2 Å². The number of nitrogens with one attached hydrogen (secondary N) is 1. The van der Waals surface area contributed by atoms with Crippen LogP contribution in [0.25, 0.3) is 0 Å². The molecule has 0 bridgehead atoms. The summed E-state index contributed by atoms with van der Waals surface area (Å²) in [5.74, 6) is -0.130. The van der Waals surface area contributed by atoms with Gasteiger partial charge in [-0.3, -0.25) is 19.3 Å². The number of anilines is 1. The van der Waals surface area contributed by atoms with E-state index in [1.807, 2.05) is 0 Å². The van der Waals surface area contributed by atoms with Crippen molar-refractivity contribution in [2.24, 2.45) is 0 Å². The standard InChI is InChI=1S/C19H17BrN2O5/c1-26-15-10-14(16(27-2)9-13(15)20)21-17(23)7-8-22-18(24)11-5-3-4-6-12(11)19(22)25/h3-6,9-10H,7-8H2,1-2H3,(H,21,23). The molecule has 1 aliphatic rings. The van der Waals surface area contributed by atoms with E-state index in [0.29, 0.717) is 32.8 Å². The third-order valence-corrected chi connectivity index (χ3v) is 4.81. The minimum atomic E-state index is -0.383. The Bertz CT molecular complexity index is 893. The second-order valence-corrected chi connectivity index (χ2v) is 6.65. The average molecular weight is 433 g/mol. The first kappa shape index (κ1) is 18.9. The molecular weight excluding hydrogens is 416 g/mol. The van der Waals surface area contributed by atoms with Crippen molar-refractivity contribution < 1.29 is 23.9 Å². The normalized spacial score (nSPS) is 12.8. The molecule has 1 aliphatic heterocycles. The zero-order chi connectivity index (χ0) is 19.6. The maximum atomic E-state index is 12.3. The van der Waals surface area contributed by atoms with Gasteiger partial charge in [-0.1, -0.05) is 12.1 Å². The quantitative estimate of drug-likeness (QED) is 0.708. The van der Waals surface area contributed by atoms with Gasteiger partial charge in [0.1, 0.15) is 11.5 Å². The minimum Gasteiger partial charge on any atom is -0.495 e. The summed E-state index contributed by atoms with van der Waals surface area (Å²) < 4.78 is 11.2. The number of methoxy groups -OCH3 is 2. The fourth-order valence-corrected chi connectivity index (χ4v) is 3.31. The van der Waals surface area contributed by atoms with E-state index in [-0.39, 0.29) is 30.7 Å². The predicted octanol–water partition coefficient (Wildman–Crippen LogP) is 3.09. The van der Waals surface area contributed by atoms with Gasteiger partial charge in [0, 0.05) is 25.1 Å². The van der Waals surface area contributed by atoms with Crippen LogP contribution in [0.4, 0.5) is 5.69 Å². The Kier molecular flexibility index (Phi) is 5.46. The van der Waals surface area contributed by atoms with Crippen molar-refractivity contribution in [1.29, 1.82) is 0 Å². The number of halogens is 1.